The number of phenolic OH excluding ortho intramolecular Hbond substituents is 2. The van der Waals surface area contributed by atoms with Gasteiger partial charge in [0.05, 0.1) is 10.6 Å². The summed E-state index contributed by atoms with van der Waals surface area (Å²) in [5.74, 6) is 0.148. The number of aryl methyl sites for hydroxylation is 2. The van der Waals surface area contributed by atoms with E-state index in [1.165, 1.54) is 48.2 Å². The van der Waals surface area contributed by atoms with Gasteiger partial charge in [-0.25, -0.2) is 33.1 Å². The van der Waals surface area contributed by atoms with Crippen molar-refractivity contribution in [1.82, 2.24) is 29.9 Å². The van der Waals surface area contributed by atoms with E-state index in [2.05, 4.69) is 39.9 Å². The fourth-order valence-electron chi connectivity index (χ4n) is 4.59. The molecule has 0 unspecified atom stereocenters. The number of H-pyrrole nitrogens is 1. The molecule has 3 heterocycles. The van der Waals surface area contributed by atoms with Crippen molar-refractivity contribution in [1.29, 1.82) is 0 Å². The second-order valence-electron chi connectivity index (χ2n) is 10.2. The van der Waals surface area contributed by atoms with Gasteiger partial charge < -0.3 is 15.5 Å². The van der Waals surface area contributed by atoms with Gasteiger partial charge in [-0.3, -0.25) is 9.78 Å². The molecule has 6 rings (SSSR count). The summed E-state index contributed by atoms with van der Waals surface area (Å²) >= 11 is 1.33. The first-order valence-corrected chi connectivity index (χ1v) is 16.2. The Balaban J connectivity index is 1.32. The van der Waals surface area contributed by atoms with Crippen molar-refractivity contribution in [2.75, 3.05) is 10.0 Å². The van der Waals surface area contributed by atoms with Gasteiger partial charge in [0, 0.05) is 34.5 Å². The second-order valence-corrected chi connectivity index (χ2v) is 12.8. The van der Waals surface area contributed by atoms with Gasteiger partial charge in [0.25, 0.3) is 15.6 Å². The van der Waals surface area contributed by atoms with Gasteiger partial charge in [-0.15, -0.1) is 0 Å². The summed E-state index contributed by atoms with van der Waals surface area (Å²) in [4.78, 5) is 37.9. The fourth-order valence-corrected chi connectivity index (χ4v) is 6.33. The summed E-state index contributed by atoms with van der Waals surface area (Å²) in [6.45, 7) is 3.49. The van der Waals surface area contributed by atoms with Crippen LogP contribution in [0.5, 0.6) is 11.5 Å². The van der Waals surface area contributed by atoms with Crippen LogP contribution in [0.2, 0.25) is 0 Å². The van der Waals surface area contributed by atoms with Gasteiger partial charge in [-0.05, 0) is 61.9 Å². The van der Waals surface area contributed by atoms with Crippen LogP contribution in [0.3, 0.4) is 0 Å². The molecule has 46 heavy (non-hydrogen) atoms. The van der Waals surface area contributed by atoms with Crippen LogP contribution in [0.4, 0.5) is 17.6 Å². The van der Waals surface area contributed by atoms with Crippen molar-refractivity contribution >= 4 is 50.4 Å². The average Bonchev–Trinajstić information content (AvgIpc) is 2.99. The van der Waals surface area contributed by atoms with Crippen molar-refractivity contribution in [3.05, 3.63) is 106 Å². The van der Waals surface area contributed by atoms with E-state index in [-0.39, 0.29) is 50.6 Å². The predicted molar refractivity (Wildman–Crippen MR) is 175 cm³/mol. The minimum absolute atomic E-state index is 0.0213. The predicted octanol–water partition coefficient (Wildman–Crippen LogP) is 5.03. The molecule has 3 aromatic carbocycles. The summed E-state index contributed by atoms with van der Waals surface area (Å²) in [5, 5.41) is 23.8. The van der Waals surface area contributed by atoms with E-state index in [4.69, 9.17) is 0 Å². The molecule has 232 valence electrons. The quantitative estimate of drug-likeness (QED) is 0.103. The van der Waals surface area contributed by atoms with Gasteiger partial charge in [0.1, 0.15) is 16.9 Å². The Labute approximate surface area is 266 Å². The molecule has 0 saturated carbocycles. The standard InChI is InChI=1S/C31H26N8O5S2/c1-17-14-18(2)33-30(32-17)39-46(43,44)22-11-8-20(9-12-22)34-29-36-27-25(28(42)38-29)26(23-13-10-21(40)15-24(23)41)35-31(37-27)45-16-19-6-4-3-5-7-19/h3-15,40-41H,16H2,1-2H3,(H,32,33,39)(H2,34,35,36,37,38,42). The molecule has 0 aliphatic rings. The number of aromatic nitrogens is 6. The highest BCUT2D eigenvalue weighted by Crippen LogP contribution is 2.35. The van der Waals surface area contributed by atoms with Crippen molar-refractivity contribution in [2.45, 2.75) is 29.7 Å². The number of fused-ring (bicyclic) bond motifs is 1. The molecular formula is C31H26N8O5S2. The number of rotatable bonds is 9. The monoisotopic (exact) mass is 654 g/mol. The van der Waals surface area contributed by atoms with E-state index in [1.54, 1.807) is 19.9 Å². The summed E-state index contributed by atoms with van der Waals surface area (Å²) < 4.78 is 28.3. The number of thioether (sulfide) groups is 1. The lowest BCUT2D eigenvalue weighted by molar-refractivity contribution is 0.451. The number of sulfonamides is 1. The Morgan fingerprint density at radius 2 is 1.57 bits per heavy atom. The Morgan fingerprint density at radius 1 is 0.848 bits per heavy atom. The number of nitrogens with one attached hydrogen (secondary N) is 3. The Bertz CT molecular complexity index is 2230. The fraction of sp³-hybridized carbons (Fsp3) is 0.0968. The van der Waals surface area contributed by atoms with Gasteiger partial charge in [-0.2, -0.15) is 4.98 Å². The maximum atomic E-state index is 13.4. The molecule has 0 bridgehead atoms. The second kappa shape index (κ2) is 12.5. The topological polar surface area (TPSA) is 196 Å². The first-order valence-electron chi connectivity index (χ1n) is 13.8. The zero-order valence-corrected chi connectivity index (χ0v) is 26.0. The normalized spacial score (nSPS) is 11.4. The minimum Gasteiger partial charge on any atom is -0.508 e. The molecule has 15 heteroatoms. The molecule has 0 spiro atoms. The molecule has 0 amide bonds. The van der Waals surface area contributed by atoms with E-state index in [1.807, 2.05) is 30.3 Å². The lowest BCUT2D eigenvalue weighted by atomic mass is 10.1. The van der Waals surface area contributed by atoms with Crippen LogP contribution in [0, 0.1) is 13.8 Å². The lowest BCUT2D eigenvalue weighted by Crippen LogP contribution is -2.16. The van der Waals surface area contributed by atoms with Crippen LogP contribution in [0.1, 0.15) is 17.0 Å². The number of nitrogens with zero attached hydrogens (tertiary/aromatic N) is 5. The molecule has 0 aliphatic carbocycles. The van der Waals surface area contributed by atoms with E-state index in [0.717, 1.165) is 11.6 Å². The van der Waals surface area contributed by atoms with E-state index < -0.39 is 15.6 Å². The van der Waals surface area contributed by atoms with Gasteiger partial charge in [0.15, 0.2) is 10.8 Å². The smallest absolute Gasteiger partial charge is 0.264 e. The third-order valence-electron chi connectivity index (χ3n) is 6.63. The maximum absolute atomic E-state index is 13.4. The first-order chi connectivity index (χ1) is 22.0. The summed E-state index contributed by atoms with van der Waals surface area (Å²) in [6, 6.07) is 21.2. The molecule has 0 aliphatic heterocycles. The Kier molecular flexibility index (Phi) is 8.25. The third-order valence-corrected chi connectivity index (χ3v) is 8.89. The van der Waals surface area contributed by atoms with Crippen LogP contribution in [-0.4, -0.2) is 48.5 Å². The van der Waals surface area contributed by atoms with Crippen molar-refractivity contribution < 1.29 is 18.6 Å². The Hall–Kier alpha value is -5.54. The van der Waals surface area contributed by atoms with Gasteiger partial charge in [-0.1, -0.05) is 42.1 Å². The summed E-state index contributed by atoms with van der Waals surface area (Å²) in [6.07, 6.45) is 0. The maximum Gasteiger partial charge on any atom is 0.264 e. The highest BCUT2D eigenvalue weighted by atomic mass is 32.2. The molecule has 3 aromatic heterocycles. The lowest BCUT2D eigenvalue weighted by Gasteiger charge is -2.12. The Morgan fingerprint density at radius 3 is 2.26 bits per heavy atom. The highest BCUT2D eigenvalue weighted by Gasteiger charge is 2.20. The molecule has 6 aromatic rings. The van der Waals surface area contributed by atoms with Crippen LogP contribution in [-0.2, 0) is 15.8 Å². The number of phenols is 2. The van der Waals surface area contributed by atoms with E-state index >= 15 is 0 Å². The van der Waals surface area contributed by atoms with Crippen LogP contribution in [0.15, 0.2) is 93.7 Å². The van der Waals surface area contributed by atoms with Gasteiger partial charge >= 0.3 is 0 Å². The number of hydrogen-bond donors (Lipinski definition) is 5. The van der Waals surface area contributed by atoms with Crippen molar-refractivity contribution in [3.63, 3.8) is 0 Å². The van der Waals surface area contributed by atoms with Crippen LogP contribution < -0.4 is 15.6 Å². The van der Waals surface area contributed by atoms with Gasteiger partial charge in [0.2, 0.25) is 11.9 Å². The average molecular weight is 655 g/mol. The number of aromatic hydroxyl groups is 2. The summed E-state index contributed by atoms with van der Waals surface area (Å²) in [5.41, 5.74) is 2.58. The van der Waals surface area contributed by atoms with Crippen LogP contribution >= 0.6 is 11.8 Å². The van der Waals surface area contributed by atoms with E-state index in [0.29, 0.717) is 28.0 Å². The SMILES string of the molecule is Cc1cc(C)nc(NS(=O)(=O)c2ccc(Nc3nc4nc(SCc5ccccc5)nc(-c5ccc(O)cc5O)c4c(=O)[nH]3)cc2)n1. The van der Waals surface area contributed by atoms with E-state index in [9.17, 15) is 23.4 Å². The molecule has 0 atom stereocenters. The number of benzene rings is 3. The zero-order valence-electron chi connectivity index (χ0n) is 24.4. The minimum atomic E-state index is -3.97. The largest absolute Gasteiger partial charge is 0.508 e. The zero-order chi connectivity index (χ0) is 32.4. The molecule has 0 saturated heterocycles. The molecular weight excluding hydrogens is 629 g/mol. The van der Waals surface area contributed by atoms with Crippen molar-refractivity contribution in [3.8, 4) is 22.8 Å². The number of anilines is 3. The van der Waals surface area contributed by atoms with Crippen LogP contribution in [0.25, 0.3) is 22.3 Å². The van der Waals surface area contributed by atoms with Crippen molar-refractivity contribution in [2.24, 2.45) is 0 Å². The molecule has 0 radical (unpaired) electrons. The molecule has 5 N–H and O–H groups in total. The highest BCUT2D eigenvalue weighted by molar-refractivity contribution is 7.98. The number of aromatic amines is 1. The summed E-state index contributed by atoms with van der Waals surface area (Å²) in [7, 11) is -3.97. The number of hydrogen-bond acceptors (Lipinski definition) is 12. The molecule has 0 fully saturated rings. The molecule has 13 nitrogen and oxygen atoms in total. The first kappa shape index (κ1) is 30.5. The third kappa shape index (κ3) is 6.74.